The largest absolute Gasteiger partial charge is 0.416 e. The van der Waals surface area contributed by atoms with Gasteiger partial charge in [0.25, 0.3) is 0 Å². The van der Waals surface area contributed by atoms with Crippen LogP contribution in [-0.4, -0.2) is 11.9 Å². The molecule has 2 rings (SSSR count). The zero-order valence-electron chi connectivity index (χ0n) is 11.6. The van der Waals surface area contributed by atoms with E-state index in [1.165, 1.54) is 6.07 Å². The number of amides is 1. The minimum Gasteiger partial charge on any atom is -0.352 e. The Hall–Kier alpha value is -1.56. The van der Waals surface area contributed by atoms with Gasteiger partial charge < -0.3 is 11.1 Å². The summed E-state index contributed by atoms with van der Waals surface area (Å²) in [4.78, 5) is 11.8. The first kappa shape index (κ1) is 15.8. The molecule has 1 amide bonds. The molecule has 0 heterocycles. The fraction of sp³-hybridized carbons (Fsp3) is 0.533. The summed E-state index contributed by atoms with van der Waals surface area (Å²) in [5, 5.41) is 2.66. The first-order valence-electron chi connectivity index (χ1n) is 7.04. The van der Waals surface area contributed by atoms with Gasteiger partial charge in [-0.2, -0.15) is 13.2 Å². The monoisotopic (exact) mass is 300 g/mol. The molecule has 0 unspecified atom stereocenters. The predicted octanol–water partition coefficient (Wildman–Crippen LogP) is 2.84. The van der Waals surface area contributed by atoms with Crippen molar-refractivity contribution in [3.8, 4) is 0 Å². The highest BCUT2D eigenvalue weighted by Gasteiger charge is 2.30. The fourth-order valence-corrected chi connectivity index (χ4v) is 2.69. The Labute approximate surface area is 121 Å². The van der Waals surface area contributed by atoms with Crippen LogP contribution in [0.3, 0.4) is 0 Å². The second-order valence-electron chi connectivity index (χ2n) is 5.53. The van der Waals surface area contributed by atoms with Crippen LogP contribution in [0.1, 0.15) is 36.8 Å². The van der Waals surface area contributed by atoms with Crippen LogP contribution in [0.15, 0.2) is 24.3 Å². The van der Waals surface area contributed by atoms with Crippen LogP contribution in [0.5, 0.6) is 0 Å². The van der Waals surface area contributed by atoms with Gasteiger partial charge in [-0.25, -0.2) is 0 Å². The molecule has 1 saturated carbocycles. The SMILES string of the molecule is N[C@@H]1CCC[C@H]1CC(=O)NCc1cccc(C(F)(F)F)c1. The minimum atomic E-state index is -4.36. The third-order valence-electron chi connectivity index (χ3n) is 3.91. The molecule has 2 atom stereocenters. The van der Waals surface area contributed by atoms with Crippen molar-refractivity contribution in [1.29, 1.82) is 0 Å². The van der Waals surface area contributed by atoms with Crippen LogP contribution < -0.4 is 11.1 Å². The number of hydrogen-bond donors (Lipinski definition) is 2. The van der Waals surface area contributed by atoms with Crippen molar-refractivity contribution >= 4 is 5.91 Å². The van der Waals surface area contributed by atoms with Crippen molar-refractivity contribution in [2.24, 2.45) is 11.7 Å². The van der Waals surface area contributed by atoms with E-state index in [9.17, 15) is 18.0 Å². The lowest BCUT2D eigenvalue weighted by molar-refractivity contribution is -0.137. The molecule has 3 nitrogen and oxygen atoms in total. The van der Waals surface area contributed by atoms with E-state index >= 15 is 0 Å². The molecular formula is C15H19F3N2O. The van der Waals surface area contributed by atoms with Gasteiger partial charge in [0.1, 0.15) is 0 Å². The van der Waals surface area contributed by atoms with Crippen LogP contribution in [0, 0.1) is 5.92 Å². The Morgan fingerprint density at radius 2 is 2.10 bits per heavy atom. The van der Waals surface area contributed by atoms with Crippen LogP contribution in [0.4, 0.5) is 13.2 Å². The molecule has 0 aliphatic heterocycles. The van der Waals surface area contributed by atoms with Crippen molar-refractivity contribution in [2.75, 3.05) is 0 Å². The van der Waals surface area contributed by atoms with Gasteiger partial charge in [-0.3, -0.25) is 4.79 Å². The zero-order valence-corrected chi connectivity index (χ0v) is 11.6. The van der Waals surface area contributed by atoms with Crippen LogP contribution in [0.2, 0.25) is 0 Å². The average Bonchev–Trinajstić information content (AvgIpc) is 2.81. The summed E-state index contributed by atoms with van der Waals surface area (Å²) < 4.78 is 37.7. The van der Waals surface area contributed by atoms with E-state index < -0.39 is 11.7 Å². The Balaban J connectivity index is 1.86. The van der Waals surface area contributed by atoms with Gasteiger partial charge in [0, 0.05) is 19.0 Å². The molecule has 1 aliphatic carbocycles. The highest BCUT2D eigenvalue weighted by Crippen LogP contribution is 2.29. The summed E-state index contributed by atoms with van der Waals surface area (Å²) in [6, 6.07) is 5.04. The number of rotatable bonds is 4. The van der Waals surface area contributed by atoms with Crippen molar-refractivity contribution in [2.45, 2.75) is 44.4 Å². The number of carbonyl (C=O) groups is 1. The quantitative estimate of drug-likeness (QED) is 0.898. The molecule has 0 radical (unpaired) electrons. The van der Waals surface area contributed by atoms with Gasteiger partial charge in [0.15, 0.2) is 0 Å². The third kappa shape index (κ3) is 4.46. The van der Waals surface area contributed by atoms with E-state index in [1.807, 2.05) is 0 Å². The molecule has 0 saturated heterocycles. The highest BCUT2D eigenvalue weighted by atomic mass is 19.4. The number of hydrogen-bond acceptors (Lipinski definition) is 2. The van der Waals surface area contributed by atoms with E-state index in [-0.39, 0.29) is 24.4 Å². The molecule has 1 aliphatic rings. The predicted molar refractivity (Wildman–Crippen MR) is 73.2 cm³/mol. The summed E-state index contributed by atoms with van der Waals surface area (Å²) in [6.07, 6.45) is -1.10. The standard InChI is InChI=1S/C15H19F3N2O/c16-15(17,18)12-5-1-3-10(7-12)9-20-14(21)8-11-4-2-6-13(11)19/h1,3,5,7,11,13H,2,4,6,8-9,19H2,(H,20,21)/t11-,13+/m0/s1. The molecule has 0 aromatic heterocycles. The van der Waals surface area contributed by atoms with Gasteiger partial charge in [-0.1, -0.05) is 18.6 Å². The van der Waals surface area contributed by atoms with Crippen LogP contribution in [-0.2, 0) is 17.5 Å². The maximum atomic E-state index is 12.6. The van der Waals surface area contributed by atoms with E-state index in [0.29, 0.717) is 12.0 Å². The summed E-state index contributed by atoms with van der Waals surface area (Å²) >= 11 is 0. The molecule has 1 fully saturated rings. The Morgan fingerprint density at radius 3 is 2.71 bits per heavy atom. The van der Waals surface area contributed by atoms with Gasteiger partial charge in [-0.05, 0) is 36.5 Å². The number of carbonyl (C=O) groups excluding carboxylic acids is 1. The maximum Gasteiger partial charge on any atom is 0.416 e. The minimum absolute atomic E-state index is 0.0595. The first-order valence-corrected chi connectivity index (χ1v) is 7.04. The molecule has 3 N–H and O–H groups in total. The summed E-state index contributed by atoms with van der Waals surface area (Å²) in [7, 11) is 0. The first-order chi connectivity index (χ1) is 9.86. The Morgan fingerprint density at radius 1 is 1.33 bits per heavy atom. The summed E-state index contributed by atoms with van der Waals surface area (Å²) in [5.41, 5.74) is 5.63. The fourth-order valence-electron chi connectivity index (χ4n) is 2.69. The second-order valence-corrected chi connectivity index (χ2v) is 5.53. The molecule has 21 heavy (non-hydrogen) atoms. The van der Waals surface area contributed by atoms with E-state index in [2.05, 4.69) is 5.32 Å². The van der Waals surface area contributed by atoms with Gasteiger partial charge in [0.2, 0.25) is 5.91 Å². The number of halogens is 3. The van der Waals surface area contributed by atoms with E-state index in [1.54, 1.807) is 6.07 Å². The van der Waals surface area contributed by atoms with Crippen molar-refractivity contribution < 1.29 is 18.0 Å². The molecule has 0 bridgehead atoms. The maximum absolute atomic E-state index is 12.6. The van der Waals surface area contributed by atoms with Gasteiger partial charge in [0.05, 0.1) is 5.56 Å². The lowest BCUT2D eigenvalue weighted by Crippen LogP contribution is -2.31. The number of benzene rings is 1. The molecule has 6 heteroatoms. The molecular weight excluding hydrogens is 281 g/mol. The lowest BCUT2D eigenvalue weighted by atomic mass is 10.00. The Kier molecular flexibility index (Phi) is 4.88. The Bertz CT molecular complexity index is 502. The smallest absolute Gasteiger partial charge is 0.352 e. The third-order valence-corrected chi connectivity index (χ3v) is 3.91. The second kappa shape index (κ2) is 6.47. The highest BCUT2D eigenvalue weighted by molar-refractivity contribution is 5.76. The average molecular weight is 300 g/mol. The van der Waals surface area contributed by atoms with Crippen molar-refractivity contribution in [1.82, 2.24) is 5.32 Å². The topological polar surface area (TPSA) is 55.1 Å². The van der Waals surface area contributed by atoms with Crippen molar-refractivity contribution in [3.05, 3.63) is 35.4 Å². The summed E-state index contributed by atoms with van der Waals surface area (Å²) in [5.74, 6) is 0.0290. The molecule has 1 aromatic rings. The number of alkyl halides is 3. The molecule has 1 aromatic carbocycles. The number of nitrogens with one attached hydrogen (secondary N) is 1. The number of nitrogens with two attached hydrogens (primary N) is 1. The summed E-state index contributed by atoms with van der Waals surface area (Å²) in [6.45, 7) is 0.102. The zero-order chi connectivity index (χ0) is 15.5. The van der Waals surface area contributed by atoms with Gasteiger partial charge >= 0.3 is 6.18 Å². The molecule has 116 valence electrons. The normalized spacial score (nSPS) is 22.3. The van der Waals surface area contributed by atoms with Crippen LogP contribution >= 0.6 is 0 Å². The van der Waals surface area contributed by atoms with Crippen LogP contribution in [0.25, 0.3) is 0 Å². The van der Waals surface area contributed by atoms with Crippen molar-refractivity contribution in [3.63, 3.8) is 0 Å². The van der Waals surface area contributed by atoms with E-state index in [4.69, 9.17) is 5.73 Å². The molecule has 0 spiro atoms. The van der Waals surface area contributed by atoms with E-state index in [0.717, 1.165) is 31.4 Å². The lowest BCUT2D eigenvalue weighted by Gasteiger charge is -2.15. The van der Waals surface area contributed by atoms with Gasteiger partial charge in [-0.15, -0.1) is 0 Å².